The fourth-order valence-electron chi connectivity index (χ4n) is 1.88. The van der Waals surface area contributed by atoms with Crippen molar-refractivity contribution in [3.05, 3.63) is 28.8 Å². The first kappa shape index (κ1) is 10.3. The SMILES string of the molecule is O=C(O)CC1CCOc2c(Cl)cccc21. The van der Waals surface area contributed by atoms with Crippen LogP contribution in [0.1, 0.15) is 24.3 Å². The van der Waals surface area contributed by atoms with Crippen molar-refractivity contribution in [3.63, 3.8) is 0 Å². The quantitative estimate of drug-likeness (QED) is 0.844. The van der Waals surface area contributed by atoms with Crippen LogP contribution in [0.2, 0.25) is 5.02 Å². The molecular formula is C11H11ClO3. The Labute approximate surface area is 92.6 Å². The Hall–Kier alpha value is -1.22. The highest BCUT2D eigenvalue weighted by atomic mass is 35.5. The number of carboxylic acid groups (broad SMARTS) is 1. The molecule has 1 N–H and O–H groups in total. The van der Waals surface area contributed by atoms with E-state index in [0.29, 0.717) is 17.4 Å². The van der Waals surface area contributed by atoms with Gasteiger partial charge in [-0.2, -0.15) is 0 Å². The lowest BCUT2D eigenvalue weighted by molar-refractivity contribution is -0.137. The standard InChI is InChI=1S/C11H11ClO3/c12-9-3-1-2-8-7(6-10(13)14)4-5-15-11(8)9/h1-3,7H,4-6H2,(H,13,14). The Balaban J connectivity index is 2.34. The lowest BCUT2D eigenvalue weighted by atomic mass is 9.90. The molecule has 3 nitrogen and oxygen atoms in total. The Morgan fingerprint density at radius 2 is 2.40 bits per heavy atom. The predicted octanol–water partition coefficient (Wildman–Crippen LogP) is 2.68. The van der Waals surface area contributed by atoms with Crippen molar-refractivity contribution >= 4 is 17.6 Å². The fourth-order valence-corrected chi connectivity index (χ4v) is 2.12. The van der Waals surface area contributed by atoms with Crippen LogP contribution in [0.15, 0.2) is 18.2 Å². The van der Waals surface area contributed by atoms with Crippen molar-refractivity contribution in [2.24, 2.45) is 0 Å². The summed E-state index contributed by atoms with van der Waals surface area (Å²) >= 11 is 5.97. The van der Waals surface area contributed by atoms with Crippen LogP contribution in [0.4, 0.5) is 0 Å². The zero-order valence-corrected chi connectivity index (χ0v) is 8.83. The van der Waals surface area contributed by atoms with E-state index >= 15 is 0 Å². The number of ether oxygens (including phenoxy) is 1. The van der Waals surface area contributed by atoms with Gasteiger partial charge in [0.05, 0.1) is 18.1 Å². The third-order valence-electron chi connectivity index (χ3n) is 2.57. The molecule has 0 aliphatic carbocycles. The van der Waals surface area contributed by atoms with Gasteiger partial charge in [0.15, 0.2) is 0 Å². The highest BCUT2D eigenvalue weighted by Gasteiger charge is 2.24. The second-order valence-electron chi connectivity index (χ2n) is 3.59. The molecule has 2 rings (SSSR count). The first-order valence-corrected chi connectivity index (χ1v) is 5.19. The number of rotatable bonds is 2. The van der Waals surface area contributed by atoms with E-state index in [4.69, 9.17) is 21.4 Å². The summed E-state index contributed by atoms with van der Waals surface area (Å²) in [5.41, 5.74) is 0.913. The molecule has 15 heavy (non-hydrogen) atoms. The number of carboxylic acids is 1. The highest BCUT2D eigenvalue weighted by molar-refractivity contribution is 6.32. The monoisotopic (exact) mass is 226 g/mol. The molecule has 0 amide bonds. The van der Waals surface area contributed by atoms with Crippen molar-refractivity contribution in [3.8, 4) is 5.75 Å². The van der Waals surface area contributed by atoms with Gasteiger partial charge in [0.2, 0.25) is 0 Å². The molecule has 0 bridgehead atoms. The van der Waals surface area contributed by atoms with Crippen LogP contribution in [0.3, 0.4) is 0 Å². The van der Waals surface area contributed by atoms with Gasteiger partial charge in [-0.05, 0) is 18.1 Å². The average Bonchev–Trinajstić information content (AvgIpc) is 2.19. The Kier molecular flexibility index (Phi) is 2.82. The Bertz CT molecular complexity index is 389. The number of benzene rings is 1. The number of hydrogen-bond donors (Lipinski definition) is 1. The van der Waals surface area contributed by atoms with Gasteiger partial charge in [-0.25, -0.2) is 0 Å². The Morgan fingerprint density at radius 3 is 3.13 bits per heavy atom. The van der Waals surface area contributed by atoms with Gasteiger partial charge in [0.1, 0.15) is 5.75 Å². The average molecular weight is 227 g/mol. The molecular weight excluding hydrogens is 216 g/mol. The van der Waals surface area contributed by atoms with Crippen molar-refractivity contribution < 1.29 is 14.6 Å². The molecule has 0 fully saturated rings. The first-order chi connectivity index (χ1) is 7.18. The normalized spacial score (nSPS) is 19.1. The van der Waals surface area contributed by atoms with Crippen LogP contribution in [0, 0.1) is 0 Å². The van der Waals surface area contributed by atoms with E-state index in [1.807, 2.05) is 12.1 Å². The number of fused-ring (bicyclic) bond motifs is 1. The predicted molar refractivity (Wildman–Crippen MR) is 56.6 cm³/mol. The molecule has 0 spiro atoms. The van der Waals surface area contributed by atoms with Gasteiger partial charge in [-0.15, -0.1) is 0 Å². The second kappa shape index (κ2) is 4.11. The van der Waals surface area contributed by atoms with Crippen LogP contribution in [0.25, 0.3) is 0 Å². The maximum absolute atomic E-state index is 10.7. The largest absolute Gasteiger partial charge is 0.492 e. The van der Waals surface area contributed by atoms with Gasteiger partial charge in [0, 0.05) is 5.92 Å². The topological polar surface area (TPSA) is 46.5 Å². The van der Waals surface area contributed by atoms with E-state index in [9.17, 15) is 4.79 Å². The molecule has 0 saturated carbocycles. The molecule has 1 aromatic rings. The second-order valence-corrected chi connectivity index (χ2v) is 4.00. The lowest BCUT2D eigenvalue weighted by Crippen LogP contribution is -2.17. The summed E-state index contributed by atoms with van der Waals surface area (Å²) < 4.78 is 5.44. The van der Waals surface area contributed by atoms with E-state index in [1.165, 1.54) is 0 Å². The van der Waals surface area contributed by atoms with Crippen molar-refractivity contribution in [2.45, 2.75) is 18.8 Å². The third-order valence-corrected chi connectivity index (χ3v) is 2.87. The van der Waals surface area contributed by atoms with Gasteiger partial charge in [0.25, 0.3) is 0 Å². The van der Waals surface area contributed by atoms with Crippen LogP contribution < -0.4 is 4.74 Å². The molecule has 1 atom stereocenters. The number of carbonyl (C=O) groups is 1. The fraction of sp³-hybridized carbons (Fsp3) is 0.364. The van der Waals surface area contributed by atoms with E-state index < -0.39 is 5.97 Å². The molecule has 1 aliphatic heterocycles. The molecule has 4 heteroatoms. The number of halogens is 1. The number of para-hydroxylation sites is 1. The van der Waals surface area contributed by atoms with E-state index in [0.717, 1.165) is 12.0 Å². The van der Waals surface area contributed by atoms with E-state index in [1.54, 1.807) is 6.07 Å². The number of aliphatic carboxylic acids is 1. The van der Waals surface area contributed by atoms with Gasteiger partial charge in [-0.3, -0.25) is 4.79 Å². The van der Waals surface area contributed by atoms with E-state index in [2.05, 4.69) is 0 Å². The van der Waals surface area contributed by atoms with Crippen LogP contribution in [0.5, 0.6) is 5.75 Å². The minimum Gasteiger partial charge on any atom is -0.492 e. The molecule has 1 heterocycles. The van der Waals surface area contributed by atoms with Crippen LogP contribution in [-0.4, -0.2) is 17.7 Å². The molecule has 0 radical (unpaired) electrons. The molecule has 0 aromatic heterocycles. The molecule has 80 valence electrons. The molecule has 0 saturated heterocycles. The highest BCUT2D eigenvalue weighted by Crippen LogP contribution is 2.39. The Morgan fingerprint density at radius 1 is 1.60 bits per heavy atom. The zero-order chi connectivity index (χ0) is 10.8. The van der Waals surface area contributed by atoms with Crippen molar-refractivity contribution in [1.82, 2.24) is 0 Å². The molecule has 1 aromatic carbocycles. The maximum atomic E-state index is 10.7. The minimum atomic E-state index is -0.784. The van der Waals surface area contributed by atoms with Gasteiger partial charge in [-0.1, -0.05) is 23.7 Å². The summed E-state index contributed by atoms with van der Waals surface area (Å²) in [4.78, 5) is 10.7. The van der Waals surface area contributed by atoms with Crippen molar-refractivity contribution in [1.29, 1.82) is 0 Å². The summed E-state index contributed by atoms with van der Waals surface area (Å²) in [6, 6.07) is 5.46. The summed E-state index contributed by atoms with van der Waals surface area (Å²) in [5.74, 6) is -0.116. The minimum absolute atomic E-state index is 0.0185. The molecule has 1 aliphatic rings. The third kappa shape index (κ3) is 2.07. The summed E-state index contributed by atoms with van der Waals surface area (Å²) in [7, 11) is 0. The van der Waals surface area contributed by atoms with Gasteiger partial charge >= 0.3 is 5.97 Å². The van der Waals surface area contributed by atoms with Crippen LogP contribution in [-0.2, 0) is 4.79 Å². The smallest absolute Gasteiger partial charge is 0.303 e. The van der Waals surface area contributed by atoms with Crippen molar-refractivity contribution in [2.75, 3.05) is 6.61 Å². The summed E-state index contributed by atoms with van der Waals surface area (Å²) in [6.45, 7) is 0.536. The summed E-state index contributed by atoms with van der Waals surface area (Å²) in [6.07, 6.45) is 0.871. The van der Waals surface area contributed by atoms with Gasteiger partial charge < -0.3 is 9.84 Å². The van der Waals surface area contributed by atoms with E-state index in [-0.39, 0.29) is 12.3 Å². The first-order valence-electron chi connectivity index (χ1n) is 4.81. The van der Waals surface area contributed by atoms with Crippen LogP contribution >= 0.6 is 11.6 Å². The zero-order valence-electron chi connectivity index (χ0n) is 8.07. The maximum Gasteiger partial charge on any atom is 0.303 e. The molecule has 1 unspecified atom stereocenters. The summed E-state index contributed by atoms with van der Waals surface area (Å²) in [5, 5.41) is 9.34. The lowest BCUT2D eigenvalue weighted by Gasteiger charge is -2.25. The number of hydrogen-bond acceptors (Lipinski definition) is 2.